The zero-order valence-electron chi connectivity index (χ0n) is 8.17. The minimum atomic E-state index is -0.998. The highest BCUT2D eigenvalue weighted by Crippen LogP contribution is 2.16. The zero-order valence-corrected chi connectivity index (χ0v) is 8.17. The van der Waals surface area contributed by atoms with Gasteiger partial charge in [0.05, 0.1) is 6.20 Å². The minimum Gasteiger partial charge on any atom is -0.382 e. The van der Waals surface area contributed by atoms with Crippen molar-refractivity contribution in [2.45, 2.75) is 6.10 Å². The van der Waals surface area contributed by atoms with Crippen molar-refractivity contribution in [1.82, 2.24) is 15.1 Å². The fourth-order valence-corrected chi connectivity index (χ4v) is 1.08. The molecule has 84 valence electrons. The molecule has 2 heterocycles. The molecule has 2 aromatic heterocycles. The molecule has 3 N–H and O–H groups in total. The number of aliphatic hydroxyl groups excluding tert-OH is 1. The van der Waals surface area contributed by atoms with E-state index < -0.39 is 11.9 Å². The fourth-order valence-electron chi connectivity index (χ4n) is 1.08. The van der Waals surface area contributed by atoms with Crippen molar-refractivity contribution < 1.29 is 14.0 Å². The Kier molecular flexibility index (Phi) is 2.88. The molecule has 0 aromatic carbocycles. The van der Waals surface area contributed by atoms with E-state index in [9.17, 15) is 9.50 Å². The summed E-state index contributed by atoms with van der Waals surface area (Å²) in [6.45, 7) is -0.0154. The zero-order chi connectivity index (χ0) is 11.5. The van der Waals surface area contributed by atoms with Crippen LogP contribution in [0.5, 0.6) is 0 Å². The van der Waals surface area contributed by atoms with Crippen molar-refractivity contribution in [3.05, 3.63) is 30.0 Å². The second-order valence-electron chi connectivity index (χ2n) is 3.07. The molecule has 0 bridgehead atoms. The molecule has 2 rings (SSSR count). The van der Waals surface area contributed by atoms with Crippen molar-refractivity contribution in [1.29, 1.82) is 0 Å². The highest BCUT2D eigenvalue weighted by atomic mass is 19.1. The van der Waals surface area contributed by atoms with Crippen molar-refractivity contribution >= 4 is 0 Å². The van der Waals surface area contributed by atoms with Crippen LogP contribution in [0, 0.1) is 5.82 Å². The maximum absolute atomic E-state index is 12.6. The van der Waals surface area contributed by atoms with E-state index in [0.717, 1.165) is 6.20 Å². The molecular weight excluding hydrogens is 215 g/mol. The van der Waals surface area contributed by atoms with Gasteiger partial charge in [-0.15, -0.1) is 0 Å². The SMILES string of the molecule is NC[C@H](O)c1nc(-c2ccc(F)cn2)no1. The monoisotopic (exact) mass is 224 g/mol. The molecule has 0 saturated carbocycles. The highest BCUT2D eigenvalue weighted by Gasteiger charge is 2.15. The predicted octanol–water partition coefficient (Wildman–Crippen LogP) is 0.263. The van der Waals surface area contributed by atoms with Gasteiger partial charge < -0.3 is 15.4 Å². The molecule has 7 heteroatoms. The summed E-state index contributed by atoms with van der Waals surface area (Å²) in [6, 6.07) is 2.65. The summed E-state index contributed by atoms with van der Waals surface area (Å²) in [5.41, 5.74) is 5.59. The third kappa shape index (κ3) is 2.05. The van der Waals surface area contributed by atoms with Gasteiger partial charge in [-0.3, -0.25) is 0 Å². The first-order valence-electron chi connectivity index (χ1n) is 4.54. The van der Waals surface area contributed by atoms with E-state index in [4.69, 9.17) is 10.3 Å². The van der Waals surface area contributed by atoms with Crippen LogP contribution in [-0.4, -0.2) is 26.8 Å². The van der Waals surface area contributed by atoms with E-state index >= 15 is 0 Å². The molecule has 0 unspecified atom stereocenters. The molecule has 1 atom stereocenters. The fraction of sp³-hybridized carbons (Fsp3) is 0.222. The first kappa shape index (κ1) is 10.7. The number of aliphatic hydroxyl groups is 1. The van der Waals surface area contributed by atoms with Crippen molar-refractivity contribution in [3.63, 3.8) is 0 Å². The van der Waals surface area contributed by atoms with Gasteiger partial charge in [0.1, 0.15) is 17.6 Å². The number of hydrogen-bond acceptors (Lipinski definition) is 6. The van der Waals surface area contributed by atoms with Gasteiger partial charge in [0.25, 0.3) is 5.89 Å². The molecule has 0 aliphatic heterocycles. The first-order valence-corrected chi connectivity index (χ1v) is 4.54. The highest BCUT2D eigenvalue weighted by molar-refractivity contribution is 5.47. The van der Waals surface area contributed by atoms with E-state index in [1.165, 1.54) is 12.1 Å². The summed E-state index contributed by atoms with van der Waals surface area (Å²) in [4.78, 5) is 7.66. The van der Waals surface area contributed by atoms with Crippen LogP contribution < -0.4 is 5.73 Å². The van der Waals surface area contributed by atoms with Crippen molar-refractivity contribution in [3.8, 4) is 11.5 Å². The molecule has 0 amide bonds. The molecular formula is C9H9FN4O2. The van der Waals surface area contributed by atoms with Gasteiger partial charge in [-0.25, -0.2) is 9.37 Å². The lowest BCUT2D eigenvalue weighted by atomic mass is 10.3. The Labute approximate surface area is 89.9 Å². The second kappa shape index (κ2) is 4.33. The lowest BCUT2D eigenvalue weighted by Crippen LogP contribution is -2.11. The number of rotatable bonds is 3. The standard InChI is InChI=1S/C9H9FN4O2/c10-5-1-2-6(12-4-5)8-13-9(16-14-8)7(15)3-11/h1-2,4,7,15H,3,11H2/t7-/m0/s1. The molecule has 0 aliphatic carbocycles. The summed E-state index contributed by atoms with van der Waals surface area (Å²) in [5.74, 6) is -0.249. The first-order chi connectivity index (χ1) is 7.70. The lowest BCUT2D eigenvalue weighted by Gasteiger charge is -1.97. The van der Waals surface area contributed by atoms with Crippen LogP contribution in [0.15, 0.2) is 22.9 Å². The Balaban J connectivity index is 2.28. The summed E-state index contributed by atoms with van der Waals surface area (Å²) < 4.78 is 17.4. The van der Waals surface area contributed by atoms with Crippen LogP contribution in [0.25, 0.3) is 11.5 Å². The van der Waals surface area contributed by atoms with Gasteiger partial charge in [-0.1, -0.05) is 5.16 Å². The Hall–Kier alpha value is -1.86. The maximum Gasteiger partial charge on any atom is 0.257 e. The van der Waals surface area contributed by atoms with Crippen LogP contribution in [0.4, 0.5) is 4.39 Å². The van der Waals surface area contributed by atoms with Gasteiger partial charge >= 0.3 is 0 Å². The summed E-state index contributed by atoms with van der Waals surface area (Å²) in [5, 5.41) is 12.9. The number of nitrogens with zero attached hydrogens (tertiary/aromatic N) is 3. The normalized spacial score (nSPS) is 12.7. The third-order valence-electron chi connectivity index (χ3n) is 1.91. The van der Waals surface area contributed by atoms with Crippen LogP contribution in [0.1, 0.15) is 12.0 Å². The summed E-state index contributed by atoms with van der Waals surface area (Å²) >= 11 is 0. The average Bonchev–Trinajstić information content (AvgIpc) is 2.78. The van der Waals surface area contributed by atoms with E-state index in [0.29, 0.717) is 5.69 Å². The van der Waals surface area contributed by atoms with E-state index in [1.807, 2.05) is 0 Å². The largest absolute Gasteiger partial charge is 0.382 e. The molecule has 2 aromatic rings. The Morgan fingerprint density at radius 3 is 2.94 bits per heavy atom. The van der Waals surface area contributed by atoms with Gasteiger partial charge in [0.2, 0.25) is 5.82 Å². The molecule has 0 spiro atoms. The smallest absolute Gasteiger partial charge is 0.257 e. The number of hydrogen-bond donors (Lipinski definition) is 2. The summed E-state index contributed by atoms with van der Waals surface area (Å²) in [6.07, 6.45) is 0.0479. The van der Waals surface area contributed by atoms with Gasteiger partial charge in [0.15, 0.2) is 0 Å². The average molecular weight is 224 g/mol. The molecule has 16 heavy (non-hydrogen) atoms. The van der Waals surface area contributed by atoms with Crippen molar-refractivity contribution in [2.24, 2.45) is 5.73 Å². The Bertz CT molecular complexity index is 471. The topological polar surface area (TPSA) is 98.1 Å². The number of halogens is 1. The molecule has 0 aliphatic rings. The van der Waals surface area contributed by atoms with E-state index in [2.05, 4.69) is 15.1 Å². The quantitative estimate of drug-likeness (QED) is 0.776. The lowest BCUT2D eigenvalue weighted by molar-refractivity contribution is 0.141. The van der Waals surface area contributed by atoms with Gasteiger partial charge in [-0.05, 0) is 12.1 Å². The Morgan fingerprint density at radius 2 is 2.31 bits per heavy atom. The Morgan fingerprint density at radius 1 is 1.50 bits per heavy atom. The third-order valence-corrected chi connectivity index (χ3v) is 1.91. The summed E-state index contributed by atoms with van der Waals surface area (Å²) in [7, 11) is 0. The van der Waals surface area contributed by atoms with Crippen LogP contribution in [0.2, 0.25) is 0 Å². The van der Waals surface area contributed by atoms with Gasteiger partial charge in [-0.2, -0.15) is 4.98 Å². The molecule has 6 nitrogen and oxygen atoms in total. The van der Waals surface area contributed by atoms with E-state index in [-0.39, 0.29) is 18.3 Å². The number of aromatic nitrogens is 3. The molecule has 0 saturated heterocycles. The number of nitrogens with two attached hydrogens (primary N) is 1. The van der Waals surface area contributed by atoms with Crippen LogP contribution in [0.3, 0.4) is 0 Å². The maximum atomic E-state index is 12.6. The van der Waals surface area contributed by atoms with Crippen LogP contribution >= 0.6 is 0 Å². The number of pyridine rings is 1. The predicted molar refractivity (Wildman–Crippen MR) is 51.5 cm³/mol. The van der Waals surface area contributed by atoms with Crippen LogP contribution in [-0.2, 0) is 0 Å². The van der Waals surface area contributed by atoms with Gasteiger partial charge in [0, 0.05) is 6.54 Å². The molecule has 0 fully saturated rings. The molecule has 0 radical (unpaired) electrons. The van der Waals surface area contributed by atoms with E-state index in [1.54, 1.807) is 0 Å². The second-order valence-corrected chi connectivity index (χ2v) is 3.07. The minimum absolute atomic E-state index is 0.0154. The van der Waals surface area contributed by atoms with Crippen molar-refractivity contribution in [2.75, 3.05) is 6.54 Å².